The van der Waals surface area contributed by atoms with Crippen LogP contribution in [0.25, 0.3) is 10.9 Å². The number of fused-ring (bicyclic) bond motifs is 3. The highest BCUT2D eigenvalue weighted by Gasteiger charge is 2.23. The zero-order chi connectivity index (χ0) is 14.9. The van der Waals surface area contributed by atoms with Crippen molar-refractivity contribution in [1.82, 2.24) is 9.88 Å². The van der Waals surface area contributed by atoms with Crippen molar-refractivity contribution in [3.05, 3.63) is 71.4 Å². The van der Waals surface area contributed by atoms with Gasteiger partial charge in [0.05, 0.1) is 6.42 Å². The Morgan fingerprint density at radius 2 is 1.77 bits per heavy atom. The summed E-state index contributed by atoms with van der Waals surface area (Å²) in [5.41, 5.74) is 4.71. The molecule has 1 aromatic heterocycles. The van der Waals surface area contributed by atoms with Gasteiger partial charge in [0.1, 0.15) is 0 Å². The van der Waals surface area contributed by atoms with E-state index in [4.69, 9.17) is 0 Å². The average Bonchev–Trinajstić information content (AvgIpc) is 2.82. The van der Waals surface area contributed by atoms with Crippen molar-refractivity contribution >= 4 is 16.8 Å². The normalized spacial score (nSPS) is 14.9. The fraction of sp³-hybridized carbons (Fsp3) is 0.211. The molecule has 1 N–H and O–H groups in total. The van der Waals surface area contributed by atoms with Crippen LogP contribution in [0.3, 0.4) is 0 Å². The maximum Gasteiger partial charge on any atom is 0.228 e. The third-order valence-corrected chi connectivity index (χ3v) is 4.43. The average molecular weight is 290 g/mol. The first-order valence-electron chi connectivity index (χ1n) is 7.71. The Bertz CT molecular complexity index is 820. The van der Waals surface area contributed by atoms with E-state index >= 15 is 0 Å². The maximum absolute atomic E-state index is 12.6. The maximum atomic E-state index is 12.6. The molecule has 3 aromatic rings. The third kappa shape index (κ3) is 2.29. The smallest absolute Gasteiger partial charge is 0.228 e. The Hall–Kier alpha value is -2.55. The van der Waals surface area contributed by atoms with Gasteiger partial charge in [0.15, 0.2) is 0 Å². The number of carbonyl (C=O) groups is 1. The molecule has 2 heterocycles. The van der Waals surface area contributed by atoms with Crippen molar-refractivity contribution in [3.63, 3.8) is 0 Å². The van der Waals surface area contributed by atoms with E-state index in [1.165, 1.54) is 16.5 Å². The number of hydrogen-bond donors (Lipinski definition) is 1. The summed E-state index contributed by atoms with van der Waals surface area (Å²) >= 11 is 0. The van der Waals surface area contributed by atoms with Crippen molar-refractivity contribution in [1.29, 1.82) is 0 Å². The Labute approximate surface area is 129 Å². The van der Waals surface area contributed by atoms with Crippen LogP contribution in [0.15, 0.2) is 54.6 Å². The number of benzene rings is 2. The summed E-state index contributed by atoms with van der Waals surface area (Å²) in [7, 11) is 0. The predicted octanol–water partition coefficient (Wildman–Crippen LogP) is 3.30. The predicted molar refractivity (Wildman–Crippen MR) is 87.6 cm³/mol. The minimum atomic E-state index is 0.203. The summed E-state index contributed by atoms with van der Waals surface area (Å²) in [6.45, 7) is 1.48. The molecule has 0 spiro atoms. The standard InChI is InChI=1S/C19H18N2O/c22-19-12-18-16(15-8-4-5-9-17(15)20-18)10-11-21(19)13-14-6-2-1-3-7-14/h1-9,20H,10-13H2. The van der Waals surface area contributed by atoms with Crippen molar-refractivity contribution in [3.8, 4) is 0 Å². The number of carbonyl (C=O) groups excluding carboxylic acids is 1. The third-order valence-electron chi connectivity index (χ3n) is 4.43. The Morgan fingerprint density at radius 1 is 1.00 bits per heavy atom. The Morgan fingerprint density at radius 3 is 2.64 bits per heavy atom. The molecule has 1 aliphatic heterocycles. The molecule has 3 nitrogen and oxygen atoms in total. The summed E-state index contributed by atoms with van der Waals surface area (Å²) in [6, 6.07) is 18.5. The lowest BCUT2D eigenvalue weighted by Crippen LogP contribution is -2.31. The molecule has 0 fully saturated rings. The zero-order valence-corrected chi connectivity index (χ0v) is 12.4. The van der Waals surface area contributed by atoms with Crippen LogP contribution in [0.4, 0.5) is 0 Å². The Balaban J connectivity index is 1.62. The number of hydrogen-bond acceptors (Lipinski definition) is 1. The van der Waals surface area contributed by atoms with E-state index in [0.29, 0.717) is 13.0 Å². The highest BCUT2D eigenvalue weighted by atomic mass is 16.2. The van der Waals surface area contributed by atoms with Gasteiger partial charge in [0.2, 0.25) is 5.91 Å². The molecule has 2 aromatic carbocycles. The van der Waals surface area contributed by atoms with Crippen LogP contribution in [0.5, 0.6) is 0 Å². The highest BCUT2D eigenvalue weighted by molar-refractivity contribution is 5.88. The summed E-state index contributed by atoms with van der Waals surface area (Å²) in [6.07, 6.45) is 1.38. The molecule has 22 heavy (non-hydrogen) atoms. The molecule has 1 amide bonds. The molecule has 1 aliphatic rings. The second kappa shape index (κ2) is 5.34. The van der Waals surface area contributed by atoms with Crippen molar-refractivity contribution < 1.29 is 4.79 Å². The first-order valence-corrected chi connectivity index (χ1v) is 7.71. The first kappa shape index (κ1) is 13.1. The highest BCUT2D eigenvalue weighted by Crippen LogP contribution is 2.26. The van der Waals surface area contributed by atoms with Crippen LogP contribution in [0.2, 0.25) is 0 Å². The molecule has 0 saturated heterocycles. The van der Waals surface area contributed by atoms with Gasteiger partial charge in [0, 0.05) is 29.7 Å². The number of nitrogens with one attached hydrogen (secondary N) is 1. The second-order valence-electron chi connectivity index (χ2n) is 5.86. The molecule has 4 rings (SSSR count). The van der Waals surface area contributed by atoms with Gasteiger partial charge in [-0.05, 0) is 23.6 Å². The van der Waals surface area contributed by atoms with Gasteiger partial charge in [-0.25, -0.2) is 0 Å². The summed E-state index contributed by atoms with van der Waals surface area (Å²) in [5, 5.41) is 1.26. The number of H-pyrrole nitrogens is 1. The molecule has 110 valence electrons. The van der Waals surface area contributed by atoms with Crippen molar-refractivity contribution in [2.45, 2.75) is 19.4 Å². The van der Waals surface area contributed by atoms with Gasteiger partial charge >= 0.3 is 0 Å². The van der Waals surface area contributed by atoms with Gasteiger partial charge in [-0.2, -0.15) is 0 Å². The molecular weight excluding hydrogens is 272 g/mol. The SMILES string of the molecule is O=C1Cc2[nH]c3ccccc3c2CCN1Cc1ccccc1. The number of aromatic nitrogens is 1. The number of aromatic amines is 1. The van der Waals surface area contributed by atoms with E-state index < -0.39 is 0 Å². The van der Waals surface area contributed by atoms with E-state index in [0.717, 1.165) is 24.2 Å². The van der Waals surface area contributed by atoms with E-state index in [1.54, 1.807) is 0 Å². The molecule has 0 atom stereocenters. The molecular formula is C19H18N2O. The summed E-state index contributed by atoms with van der Waals surface area (Å²) in [4.78, 5) is 18.0. The first-order chi connectivity index (χ1) is 10.8. The summed E-state index contributed by atoms with van der Waals surface area (Å²) < 4.78 is 0. The Kier molecular flexibility index (Phi) is 3.19. The minimum Gasteiger partial charge on any atom is -0.358 e. The lowest BCUT2D eigenvalue weighted by Gasteiger charge is -2.20. The largest absolute Gasteiger partial charge is 0.358 e. The van der Waals surface area contributed by atoms with E-state index in [2.05, 4.69) is 35.3 Å². The topological polar surface area (TPSA) is 36.1 Å². The van der Waals surface area contributed by atoms with Crippen molar-refractivity contribution in [2.75, 3.05) is 6.54 Å². The van der Waals surface area contributed by atoms with Crippen LogP contribution in [0, 0.1) is 0 Å². The molecule has 0 unspecified atom stereocenters. The fourth-order valence-corrected chi connectivity index (χ4v) is 3.30. The van der Waals surface area contributed by atoms with Crippen molar-refractivity contribution in [2.24, 2.45) is 0 Å². The number of nitrogens with zero attached hydrogens (tertiary/aromatic N) is 1. The number of rotatable bonds is 2. The van der Waals surface area contributed by atoms with E-state index in [-0.39, 0.29) is 5.91 Å². The number of para-hydroxylation sites is 1. The quantitative estimate of drug-likeness (QED) is 0.772. The zero-order valence-electron chi connectivity index (χ0n) is 12.4. The lowest BCUT2D eigenvalue weighted by molar-refractivity contribution is -0.130. The molecule has 3 heteroatoms. The van der Waals surface area contributed by atoms with Crippen LogP contribution in [0.1, 0.15) is 16.8 Å². The summed E-state index contributed by atoms with van der Waals surface area (Å²) in [5.74, 6) is 0.203. The van der Waals surface area contributed by atoms with Gasteiger partial charge in [-0.1, -0.05) is 48.5 Å². The van der Waals surface area contributed by atoms with Gasteiger partial charge in [-0.15, -0.1) is 0 Å². The molecule has 0 saturated carbocycles. The minimum absolute atomic E-state index is 0.203. The van der Waals surface area contributed by atoms with Crippen LogP contribution in [-0.2, 0) is 24.2 Å². The fourth-order valence-electron chi connectivity index (χ4n) is 3.30. The van der Waals surface area contributed by atoms with Gasteiger partial charge < -0.3 is 9.88 Å². The van der Waals surface area contributed by atoms with Crippen LogP contribution in [-0.4, -0.2) is 22.3 Å². The van der Waals surface area contributed by atoms with Crippen LogP contribution < -0.4 is 0 Å². The molecule has 0 radical (unpaired) electrons. The second-order valence-corrected chi connectivity index (χ2v) is 5.86. The van der Waals surface area contributed by atoms with Gasteiger partial charge in [0.25, 0.3) is 0 Å². The monoisotopic (exact) mass is 290 g/mol. The number of amides is 1. The molecule has 0 bridgehead atoms. The lowest BCUT2D eigenvalue weighted by atomic mass is 10.1. The van der Waals surface area contributed by atoms with E-state index in [1.807, 2.05) is 29.2 Å². The van der Waals surface area contributed by atoms with Gasteiger partial charge in [-0.3, -0.25) is 4.79 Å². The van der Waals surface area contributed by atoms with Crippen LogP contribution >= 0.6 is 0 Å². The van der Waals surface area contributed by atoms with E-state index in [9.17, 15) is 4.79 Å². The molecule has 0 aliphatic carbocycles.